The summed E-state index contributed by atoms with van der Waals surface area (Å²) in [6.45, 7) is 1.43. The molecule has 0 amide bonds. The second-order valence-corrected chi connectivity index (χ2v) is 5.22. The molecule has 19 heavy (non-hydrogen) atoms. The molecule has 2 atom stereocenters. The predicted molar refractivity (Wildman–Crippen MR) is 73.1 cm³/mol. The molecule has 1 aromatic carbocycles. The molecule has 0 bridgehead atoms. The summed E-state index contributed by atoms with van der Waals surface area (Å²) in [7, 11) is 1.75. The van der Waals surface area contributed by atoms with Crippen LogP contribution in [0, 0.1) is 5.82 Å². The number of likely N-dealkylation sites (N-methyl/N-ethyl adjacent to an activating group) is 1. The van der Waals surface area contributed by atoms with E-state index in [-0.39, 0.29) is 11.8 Å². The molecule has 0 aliphatic heterocycles. The Morgan fingerprint density at radius 2 is 2.05 bits per heavy atom. The highest BCUT2D eigenvalue weighted by Crippen LogP contribution is 2.31. The van der Waals surface area contributed by atoms with E-state index in [0.717, 1.165) is 25.7 Å². The zero-order valence-electron chi connectivity index (χ0n) is 11.4. The molecule has 1 N–H and O–H groups in total. The molecule has 0 radical (unpaired) electrons. The van der Waals surface area contributed by atoms with Crippen LogP contribution in [0.15, 0.2) is 18.2 Å². The lowest BCUT2D eigenvalue weighted by molar-refractivity contribution is 0.100. The molecule has 0 heterocycles. The zero-order valence-corrected chi connectivity index (χ0v) is 11.4. The first-order valence-electron chi connectivity index (χ1n) is 6.72. The average Bonchev–Trinajstić information content (AvgIpc) is 2.38. The Morgan fingerprint density at radius 1 is 1.37 bits per heavy atom. The molecule has 0 aromatic heterocycles. The molecule has 4 heteroatoms. The highest BCUT2D eigenvalue weighted by Gasteiger charge is 2.29. The van der Waals surface area contributed by atoms with Crippen molar-refractivity contribution >= 4 is 11.5 Å². The molecular weight excluding hydrogens is 245 g/mol. The Morgan fingerprint density at radius 3 is 2.68 bits per heavy atom. The fourth-order valence-corrected chi connectivity index (χ4v) is 2.87. The van der Waals surface area contributed by atoms with Gasteiger partial charge in [0.2, 0.25) is 0 Å². The van der Waals surface area contributed by atoms with Crippen molar-refractivity contribution in [2.75, 3.05) is 11.9 Å². The van der Waals surface area contributed by atoms with E-state index in [0.29, 0.717) is 11.3 Å². The van der Waals surface area contributed by atoms with E-state index in [4.69, 9.17) is 0 Å². The number of para-hydroxylation sites is 1. The molecule has 1 saturated carbocycles. The third kappa shape index (κ3) is 2.78. The Balaban J connectivity index is 2.37. The van der Waals surface area contributed by atoms with Gasteiger partial charge in [0, 0.05) is 12.6 Å². The smallest absolute Gasteiger partial charge is 0.161 e. The number of hydrogen-bond acceptors (Lipinski definition) is 3. The van der Waals surface area contributed by atoms with Gasteiger partial charge in [-0.25, -0.2) is 4.39 Å². The van der Waals surface area contributed by atoms with Gasteiger partial charge in [0.05, 0.1) is 17.8 Å². The lowest BCUT2D eigenvalue weighted by Crippen LogP contribution is -2.44. The molecular formula is C15H20FNO2. The van der Waals surface area contributed by atoms with Crippen LogP contribution in [-0.4, -0.2) is 30.1 Å². The van der Waals surface area contributed by atoms with Gasteiger partial charge in [-0.2, -0.15) is 0 Å². The van der Waals surface area contributed by atoms with Crippen LogP contribution in [0.4, 0.5) is 10.1 Å². The van der Waals surface area contributed by atoms with Crippen molar-refractivity contribution in [1.29, 1.82) is 0 Å². The molecule has 1 aromatic rings. The number of carbonyl (C=O) groups is 1. The first kappa shape index (κ1) is 14.0. The van der Waals surface area contributed by atoms with E-state index in [1.165, 1.54) is 13.0 Å². The number of carbonyl (C=O) groups excluding carboxylic acids is 1. The van der Waals surface area contributed by atoms with Crippen molar-refractivity contribution in [3.8, 4) is 0 Å². The molecule has 0 spiro atoms. The summed E-state index contributed by atoms with van der Waals surface area (Å²) in [5, 5.41) is 10.1. The zero-order chi connectivity index (χ0) is 14.0. The summed E-state index contributed by atoms with van der Waals surface area (Å²) in [5.74, 6) is -0.570. The number of hydrogen-bond donors (Lipinski definition) is 1. The highest BCUT2D eigenvalue weighted by atomic mass is 19.1. The van der Waals surface area contributed by atoms with Crippen molar-refractivity contribution in [3.05, 3.63) is 29.6 Å². The molecule has 1 fully saturated rings. The first-order valence-corrected chi connectivity index (χ1v) is 6.72. The van der Waals surface area contributed by atoms with Crippen LogP contribution >= 0.6 is 0 Å². The van der Waals surface area contributed by atoms with Crippen LogP contribution in [0.2, 0.25) is 0 Å². The molecule has 1 aliphatic carbocycles. The number of aliphatic hydroxyl groups excluding tert-OH is 1. The number of ketones is 1. The Hall–Kier alpha value is -1.42. The topological polar surface area (TPSA) is 40.5 Å². The second kappa shape index (κ2) is 5.70. The molecule has 2 unspecified atom stereocenters. The maximum absolute atomic E-state index is 14.1. The van der Waals surface area contributed by atoms with Crippen molar-refractivity contribution < 1.29 is 14.3 Å². The minimum absolute atomic E-state index is 0.122. The van der Waals surface area contributed by atoms with Crippen molar-refractivity contribution in [1.82, 2.24) is 0 Å². The van der Waals surface area contributed by atoms with Crippen LogP contribution in [0.3, 0.4) is 0 Å². The third-order valence-corrected chi connectivity index (χ3v) is 3.91. The molecule has 3 nitrogen and oxygen atoms in total. The predicted octanol–water partition coefficient (Wildman–Crippen LogP) is 2.77. The fraction of sp³-hybridized carbons (Fsp3) is 0.533. The Kier molecular flexibility index (Phi) is 4.20. The van der Waals surface area contributed by atoms with Gasteiger partial charge in [0.15, 0.2) is 5.78 Å². The van der Waals surface area contributed by atoms with Gasteiger partial charge < -0.3 is 10.0 Å². The van der Waals surface area contributed by atoms with Gasteiger partial charge >= 0.3 is 0 Å². The van der Waals surface area contributed by atoms with Crippen LogP contribution in [-0.2, 0) is 0 Å². The SMILES string of the molecule is CC(=O)c1cccc(F)c1N(C)C1CCCCC1O. The van der Waals surface area contributed by atoms with Gasteiger partial charge in [-0.15, -0.1) is 0 Å². The van der Waals surface area contributed by atoms with Crippen LogP contribution < -0.4 is 4.90 Å². The van der Waals surface area contributed by atoms with Gasteiger partial charge in [-0.05, 0) is 31.9 Å². The maximum atomic E-state index is 14.1. The molecule has 0 saturated heterocycles. The number of benzene rings is 1. The van der Waals surface area contributed by atoms with Crippen LogP contribution in [0.1, 0.15) is 43.0 Å². The van der Waals surface area contributed by atoms with E-state index in [1.54, 1.807) is 24.1 Å². The number of anilines is 1. The quantitative estimate of drug-likeness (QED) is 0.854. The fourth-order valence-electron chi connectivity index (χ4n) is 2.87. The van der Waals surface area contributed by atoms with Crippen molar-refractivity contribution in [3.63, 3.8) is 0 Å². The van der Waals surface area contributed by atoms with Gasteiger partial charge in [0.25, 0.3) is 0 Å². The van der Waals surface area contributed by atoms with E-state index in [2.05, 4.69) is 0 Å². The van der Waals surface area contributed by atoms with E-state index >= 15 is 0 Å². The van der Waals surface area contributed by atoms with Crippen molar-refractivity contribution in [2.24, 2.45) is 0 Å². The van der Waals surface area contributed by atoms with E-state index in [1.807, 2.05) is 0 Å². The standard InChI is InChI=1S/C15H20FNO2/c1-10(18)11-6-5-7-12(16)15(11)17(2)13-8-3-4-9-14(13)19/h5-7,13-14,19H,3-4,8-9H2,1-2H3. The highest BCUT2D eigenvalue weighted by molar-refractivity contribution is 5.99. The van der Waals surface area contributed by atoms with Crippen LogP contribution in [0.25, 0.3) is 0 Å². The second-order valence-electron chi connectivity index (χ2n) is 5.22. The van der Waals surface area contributed by atoms with Crippen LogP contribution in [0.5, 0.6) is 0 Å². The van der Waals surface area contributed by atoms with Gasteiger partial charge in [-0.1, -0.05) is 18.9 Å². The summed E-state index contributed by atoms with van der Waals surface area (Å²) >= 11 is 0. The molecule has 1 aliphatic rings. The Labute approximate surface area is 113 Å². The minimum Gasteiger partial charge on any atom is -0.391 e. The van der Waals surface area contributed by atoms with Gasteiger partial charge in [0.1, 0.15) is 5.82 Å². The normalized spacial score (nSPS) is 23.2. The summed E-state index contributed by atoms with van der Waals surface area (Å²) < 4.78 is 14.1. The van der Waals surface area contributed by atoms with E-state index in [9.17, 15) is 14.3 Å². The lowest BCUT2D eigenvalue weighted by Gasteiger charge is -2.37. The first-order chi connectivity index (χ1) is 9.02. The molecule has 2 rings (SSSR count). The Bertz CT molecular complexity index is 475. The maximum Gasteiger partial charge on any atom is 0.161 e. The summed E-state index contributed by atoms with van der Waals surface area (Å²) in [4.78, 5) is 13.4. The number of Topliss-reactive ketones (excluding diaryl/α,β-unsaturated/α-hetero) is 1. The number of nitrogens with zero attached hydrogens (tertiary/aromatic N) is 1. The monoisotopic (exact) mass is 265 g/mol. The average molecular weight is 265 g/mol. The van der Waals surface area contributed by atoms with Gasteiger partial charge in [-0.3, -0.25) is 4.79 Å². The third-order valence-electron chi connectivity index (χ3n) is 3.91. The number of rotatable bonds is 3. The molecule has 104 valence electrons. The largest absolute Gasteiger partial charge is 0.391 e. The number of aliphatic hydroxyl groups is 1. The number of halogens is 1. The van der Waals surface area contributed by atoms with Crippen molar-refractivity contribution in [2.45, 2.75) is 44.8 Å². The summed E-state index contributed by atoms with van der Waals surface area (Å²) in [6, 6.07) is 4.41. The lowest BCUT2D eigenvalue weighted by atomic mass is 9.91. The minimum atomic E-state index is -0.460. The summed E-state index contributed by atoms with van der Waals surface area (Å²) in [5.41, 5.74) is 0.682. The van der Waals surface area contributed by atoms with E-state index < -0.39 is 11.9 Å². The summed E-state index contributed by atoms with van der Waals surface area (Å²) in [6.07, 6.45) is 3.12.